The van der Waals surface area contributed by atoms with Gasteiger partial charge in [0.05, 0.1) is 6.04 Å². The lowest BCUT2D eigenvalue weighted by Gasteiger charge is -2.20. The van der Waals surface area contributed by atoms with E-state index in [0.717, 1.165) is 12.8 Å². The van der Waals surface area contributed by atoms with Gasteiger partial charge in [0.2, 0.25) is 5.91 Å². The molecule has 1 aromatic rings. The first-order chi connectivity index (χ1) is 8.95. The summed E-state index contributed by atoms with van der Waals surface area (Å²) in [5.74, 6) is 0.110. The summed E-state index contributed by atoms with van der Waals surface area (Å²) in [5.41, 5.74) is 3.76. The molecule has 0 saturated heterocycles. The van der Waals surface area contributed by atoms with Crippen LogP contribution in [0.1, 0.15) is 49.4 Å². The van der Waals surface area contributed by atoms with Crippen molar-refractivity contribution >= 4 is 5.91 Å². The van der Waals surface area contributed by atoms with Crippen molar-refractivity contribution in [3.8, 4) is 0 Å². The normalized spacial score (nSPS) is 17.9. The second kappa shape index (κ2) is 5.74. The first kappa shape index (κ1) is 14.1. The first-order valence-electron chi connectivity index (χ1n) is 7.10. The lowest BCUT2D eigenvalue weighted by Crippen LogP contribution is -2.43. The number of benzene rings is 1. The Morgan fingerprint density at radius 2 is 1.74 bits per heavy atom. The Morgan fingerprint density at radius 3 is 2.26 bits per heavy atom. The van der Waals surface area contributed by atoms with Crippen LogP contribution in [0.3, 0.4) is 0 Å². The standard InChI is InChI=1S/C16H24N2O/c1-10-7-11(2)9-14(8-10)12(3)17-13(4)16(19)18-15-5-6-15/h7-9,12-13,15,17H,5-6H2,1-4H3,(H,18,19). The quantitative estimate of drug-likeness (QED) is 0.854. The molecule has 2 N–H and O–H groups in total. The molecule has 0 aromatic heterocycles. The highest BCUT2D eigenvalue weighted by Gasteiger charge is 2.26. The van der Waals surface area contributed by atoms with E-state index in [1.54, 1.807) is 0 Å². The topological polar surface area (TPSA) is 41.1 Å². The molecule has 2 atom stereocenters. The number of nitrogens with one attached hydrogen (secondary N) is 2. The molecule has 3 nitrogen and oxygen atoms in total. The molecule has 1 aromatic carbocycles. The van der Waals surface area contributed by atoms with E-state index < -0.39 is 0 Å². The van der Waals surface area contributed by atoms with Crippen molar-refractivity contribution in [1.29, 1.82) is 0 Å². The number of carbonyl (C=O) groups is 1. The molecule has 0 spiro atoms. The van der Waals surface area contributed by atoms with Crippen LogP contribution in [0.5, 0.6) is 0 Å². The van der Waals surface area contributed by atoms with Gasteiger partial charge in [0.15, 0.2) is 0 Å². The second-order valence-corrected chi connectivity index (χ2v) is 5.81. The van der Waals surface area contributed by atoms with Crippen molar-refractivity contribution in [2.45, 2.75) is 58.7 Å². The molecule has 1 amide bonds. The Labute approximate surface area is 115 Å². The molecule has 0 radical (unpaired) electrons. The van der Waals surface area contributed by atoms with Crippen LogP contribution in [-0.2, 0) is 4.79 Å². The summed E-state index contributed by atoms with van der Waals surface area (Å²) in [6.07, 6.45) is 2.26. The van der Waals surface area contributed by atoms with E-state index in [-0.39, 0.29) is 18.0 Å². The van der Waals surface area contributed by atoms with Gasteiger partial charge in [0.1, 0.15) is 0 Å². The zero-order valence-electron chi connectivity index (χ0n) is 12.3. The summed E-state index contributed by atoms with van der Waals surface area (Å²) < 4.78 is 0. The van der Waals surface area contributed by atoms with Crippen molar-refractivity contribution in [1.82, 2.24) is 10.6 Å². The van der Waals surface area contributed by atoms with Gasteiger partial charge in [-0.15, -0.1) is 0 Å². The minimum Gasteiger partial charge on any atom is -0.352 e. The fraction of sp³-hybridized carbons (Fsp3) is 0.562. The summed E-state index contributed by atoms with van der Waals surface area (Å²) in [5, 5.41) is 6.40. The van der Waals surface area contributed by atoms with Crippen LogP contribution in [0.25, 0.3) is 0 Å². The smallest absolute Gasteiger partial charge is 0.237 e. The zero-order valence-corrected chi connectivity index (χ0v) is 12.3. The summed E-state index contributed by atoms with van der Waals surface area (Å²) in [6.45, 7) is 8.24. The van der Waals surface area contributed by atoms with E-state index in [9.17, 15) is 4.79 Å². The zero-order chi connectivity index (χ0) is 14.0. The minimum absolute atomic E-state index is 0.110. The molecule has 1 aliphatic carbocycles. The highest BCUT2D eigenvalue weighted by Crippen LogP contribution is 2.19. The number of hydrogen-bond donors (Lipinski definition) is 2. The summed E-state index contributed by atoms with van der Waals surface area (Å²) in [4.78, 5) is 11.9. The Bertz CT molecular complexity index is 446. The third kappa shape index (κ3) is 4.06. The fourth-order valence-electron chi connectivity index (χ4n) is 2.36. The number of hydrogen-bond acceptors (Lipinski definition) is 2. The van der Waals surface area contributed by atoms with Gasteiger partial charge in [0.25, 0.3) is 0 Å². The van der Waals surface area contributed by atoms with Crippen LogP contribution in [-0.4, -0.2) is 18.0 Å². The van der Waals surface area contributed by atoms with Crippen molar-refractivity contribution in [3.63, 3.8) is 0 Å². The van der Waals surface area contributed by atoms with Gasteiger partial charge in [-0.3, -0.25) is 10.1 Å². The van der Waals surface area contributed by atoms with Crippen LogP contribution in [0.2, 0.25) is 0 Å². The molecule has 0 aliphatic heterocycles. The van der Waals surface area contributed by atoms with E-state index in [2.05, 4.69) is 49.6 Å². The van der Waals surface area contributed by atoms with E-state index >= 15 is 0 Å². The molecule has 2 rings (SSSR count). The van der Waals surface area contributed by atoms with Gasteiger partial charge in [-0.2, -0.15) is 0 Å². The molecule has 0 heterocycles. The van der Waals surface area contributed by atoms with Crippen LogP contribution in [0.15, 0.2) is 18.2 Å². The number of carbonyl (C=O) groups excluding carboxylic acids is 1. The second-order valence-electron chi connectivity index (χ2n) is 5.81. The summed E-state index contributed by atoms with van der Waals surface area (Å²) in [7, 11) is 0. The van der Waals surface area contributed by atoms with Crippen molar-refractivity contribution in [2.24, 2.45) is 0 Å². The molecule has 104 valence electrons. The largest absolute Gasteiger partial charge is 0.352 e. The van der Waals surface area contributed by atoms with Crippen LogP contribution in [0, 0.1) is 13.8 Å². The van der Waals surface area contributed by atoms with Gasteiger partial charge in [0, 0.05) is 12.1 Å². The van der Waals surface area contributed by atoms with Gasteiger partial charge in [-0.1, -0.05) is 29.3 Å². The Morgan fingerprint density at radius 1 is 1.16 bits per heavy atom. The van der Waals surface area contributed by atoms with Crippen molar-refractivity contribution < 1.29 is 4.79 Å². The Balaban J connectivity index is 1.94. The highest BCUT2D eigenvalue weighted by molar-refractivity contribution is 5.81. The molecular weight excluding hydrogens is 236 g/mol. The van der Waals surface area contributed by atoms with E-state index in [4.69, 9.17) is 0 Å². The Kier molecular flexibility index (Phi) is 4.25. The predicted molar refractivity (Wildman–Crippen MR) is 78.1 cm³/mol. The molecule has 2 unspecified atom stereocenters. The number of rotatable bonds is 5. The monoisotopic (exact) mass is 260 g/mol. The van der Waals surface area contributed by atoms with E-state index in [1.165, 1.54) is 16.7 Å². The van der Waals surface area contributed by atoms with Crippen LogP contribution in [0.4, 0.5) is 0 Å². The average Bonchev–Trinajstić information content (AvgIpc) is 3.11. The third-order valence-electron chi connectivity index (χ3n) is 3.56. The minimum atomic E-state index is -0.156. The van der Waals surface area contributed by atoms with Gasteiger partial charge >= 0.3 is 0 Å². The number of amides is 1. The predicted octanol–water partition coefficient (Wildman–Crippen LogP) is 2.62. The molecule has 0 bridgehead atoms. The Hall–Kier alpha value is -1.35. The van der Waals surface area contributed by atoms with Gasteiger partial charge < -0.3 is 5.32 Å². The van der Waals surface area contributed by atoms with Gasteiger partial charge in [-0.05, 0) is 46.1 Å². The molecule has 1 fully saturated rings. The first-order valence-corrected chi connectivity index (χ1v) is 7.10. The molecule has 19 heavy (non-hydrogen) atoms. The summed E-state index contributed by atoms with van der Waals surface area (Å²) >= 11 is 0. The molecule has 1 saturated carbocycles. The van der Waals surface area contributed by atoms with Gasteiger partial charge in [-0.25, -0.2) is 0 Å². The van der Waals surface area contributed by atoms with Crippen LogP contribution >= 0.6 is 0 Å². The lowest BCUT2D eigenvalue weighted by atomic mass is 10.0. The third-order valence-corrected chi connectivity index (χ3v) is 3.56. The molecular formula is C16H24N2O. The number of aryl methyl sites for hydroxylation is 2. The average molecular weight is 260 g/mol. The van der Waals surface area contributed by atoms with E-state index in [0.29, 0.717) is 6.04 Å². The maximum absolute atomic E-state index is 11.9. The van der Waals surface area contributed by atoms with E-state index in [1.807, 2.05) is 6.92 Å². The van der Waals surface area contributed by atoms with Crippen molar-refractivity contribution in [2.75, 3.05) is 0 Å². The molecule has 1 aliphatic rings. The van der Waals surface area contributed by atoms with Crippen molar-refractivity contribution in [3.05, 3.63) is 34.9 Å². The fourth-order valence-corrected chi connectivity index (χ4v) is 2.36. The maximum atomic E-state index is 11.9. The molecule has 3 heteroatoms. The lowest BCUT2D eigenvalue weighted by molar-refractivity contribution is -0.123. The SMILES string of the molecule is Cc1cc(C)cc(C(C)NC(C)C(=O)NC2CC2)c1. The highest BCUT2D eigenvalue weighted by atomic mass is 16.2. The van der Waals surface area contributed by atoms with Crippen LogP contribution < -0.4 is 10.6 Å². The maximum Gasteiger partial charge on any atom is 0.237 e. The summed E-state index contributed by atoms with van der Waals surface area (Å²) in [6, 6.07) is 6.97.